The molecule has 144 valence electrons. The second-order valence-corrected chi connectivity index (χ2v) is 8.29. The van der Waals surface area contributed by atoms with Gasteiger partial charge in [0.1, 0.15) is 0 Å². The number of rotatable bonds is 7. The molecule has 2 aromatic carbocycles. The van der Waals surface area contributed by atoms with Gasteiger partial charge in [0.15, 0.2) is 0 Å². The molecule has 0 spiro atoms. The van der Waals surface area contributed by atoms with Gasteiger partial charge in [-0.15, -0.1) is 0 Å². The molecule has 2 N–H and O–H groups in total. The summed E-state index contributed by atoms with van der Waals surface area (Å²) in [5.74, 6) is 0. The molecule has 2 fully saturated rings. The highest BCUT2D eigenvalue weighted by Gasteiger charge is 2.43. The summed E-state index contributed by atoms with van der Waals surface area (Å²) in [6, 6.07) is 19.9. The molecular formula is C24H32N2O. The molecule has 3 heteroatoms. The van der Waals surface area contributed by atoms with Crippen molar-refractivity contribution < 1.29 is 4.74 Å². The van der Waals surface area contributed by atoms with Crippen LogP contribution in [0, 0.1) is 0 Å². The third-order valence-corrected chi connectivity index (χ3v) is 6.61. The molecule has 2 aliphatic rings. The second kappa shape index (κ2) is 8.45. The van der Waals surface area contributed by atoms with E-state index in [0.29, 0.717) is 11.5 Å². The molecule has 0 amide bonds. The van der Waals surface area contributed by atoms with Gasteiger partial charge in [-0.05, 0) is 67.3 Å². The van der Waals surface area contributed by atoms with E-state index in [0.717, 1.165) is 31.9 Å². The summed E-state index contributed by atoms with van der Waals surface area (Å²) >= 11 is 0. The molecule has 0 aromatic heterocycles. The van der Waals surface area contributed by atoms with Crippen molar-refractivity contribution in [3.63, 3.8) is 0 Å². The Labute approximate surface area is 163 Å². The van der Waals surface area contributed by atoms with Gasteiger partial charge in [0.2, 0.25) is 0 Å². The maximum atomic E-state index is 6.07. The Balaban J connectivity index is 1.27. The molecule has 1 saturated heterocycles. The van der Waals surface area contributed by atoms with E-state index in [1.165, 1.54) is 49.8 Å². The van der Waals surface area contributed by atoms with Crippen molar-refractivity contribution in [3.8, 4) is 0 Å². The van der Waals surface area contributed by atoms with Gasteiger partial charge in [0.05, 0.1) is 13.2 Å². The summed E-state index contributed by atoms with van der Waals surface area (Å²) in [6.45, 7) is 3.90. The molecule has 2 atom stereocenters. The van der Waals surface area contributed by atoms with E-state index in [1.54, 1.807) is 0 Å². The van der Waals surface area contributed by atoms with Crippen molar-refractivity contribution in [2.24, 2.45) is 0 Å². The van der Waals surface area contributed by atoms with Crippen molar-refractivity contribution in [2.45, 2.75) is 50.0 Å². The monoisotopic (exact) mass is 364 g/mol. The van der Waals surface area contributed by atoms with E-state index >= 15 is 0 Å². The van der Waals surface area contributed by atoms with Gasteiger partial charge in [-0.3, -0.25) is 4.90 Å². The molecule has 0 radical (unpaired) electrons. The van der Waals surface area contributed by atoms with E-state index < -0.39 is 0 Å². The number of piperidine rings is 1. The Bertz CT molecular complexity index is 732. The van der Waals surface area contributed by atoms with Gasteiger partial charge in [-0.25, -0.2) is 0 Å². The fourth-order valence-corrected chi connectivity index (χ4v) is 5.10. The standard InChI is InChI=1S/C24H32N2O/c25-22-9-4-8-21(18-22)24-12-5-10-23(19-24)26(14-13-24)15-17-27-16-11-20-6-2-1-3-7-20/h1-4,6-9,18,23H,5,10-17,19,25H2. The summed E-state index contributed by atoms with van der Waals surface area (Å²) in [5.41, 5.74) is 10.1. The van der Waals surface area contributed by atoms with Crippen molar-refractivity contribution in [3.05, 3.63) is 65.7 Å². The number of hydrogen-bond donors (Lipinski definition) is 1. The van der Waals surface area contributed by atoms with E-state index in [-0.39, 0.29) is 0 Å². The van der Waals surface area contributed by atoms with Crippen LogP contribution in [0.1, 0.15) is 43.2 Å². The van der Waals surface area contributed by atoms with Crippen LogP contribution in [0.3, 0.4) is 0 Å². The number of likely N-dealkylation sites (tertiary alicyclic amines) is 1. The highest BCUT2D eigenvalue weighted by atomic mass is 16.5. The molecule has 27 heavy (non-hydrogen) atoms. The Kier molecular flexibility index (Phi) is 5.80. The van der Waals surface area contributed by atoms with Gasteiger partial charge in [-0.1, -0.05) is 48.9 Å². The van der Waals surface area contributed by atoms with Crippen LogP contribution in [0.5, 0.6) is 0 Å². The lowest BCUT2D eigenvalue weighted by Gasteiger charge is -2.51. The number of anilines is 1. The first-order valence-corrected chi connectivity index (χ1v) is 10.5. The van der Waals surface area contributed by atoms with Gasteiger partial charge >= 0.3 is 0 Å². The molecule has 3 nitrogen and oxygen atoms in total. The number of nitrogen functional groups attached to an aromatic ring is 1. The third kappa shape index (κ3) is 4.36. The summed E-state index contributed by atoms with van der Waals surface area (Å²) in [5, 5.41) is 0. The summed E-state index contributed by atoms with van der Waals surface area (Å²) < 4.78 is 5.95. The number of nitrogens with two attached hydrogens (primary N) is 1. The number of nitrogens with zero attached hydrogens (tertiary/aromatic N) is 1. The van der Waals surface area contributed by atoms with Crippen LogP contribution in [-0.4, -0.2) is 37.2 Å². The average Bonchev–Trinajstić information content (AvgIpc) is 2.70. The van der Waals surface area contributed by atoms with Crippen molar-refractivity contribution in [2.75, 3.05) is 32.0 Å². The van der Waals surface area contributed by atoms with Gasteiger partial charge < -0.3 is 10.5 Å². The molecule has 2 aromatic rings. The normalized spacial score (nSPS) is 25.4. The molecular weight excluding hydrogens is 332 g/mol. The lowest BCUT2D eigenvalue weighted by Crippen LogP contribution is -2.52. The average molecular weight is 365 g/mol. The topological polar surface area (TPSA) is 38.5 Å². The van der Waals surface area contributed by atoms with Crippen LogP contribution < -0.4 is 5.73 Å². The Hall–Kier alpha value is -1.84. The summed E-state index contributed by atoms with van der Waals surface area (Å²) in [6.07, 6.45) is 7.49. The maximum Gasteiger partial charge on any atom is 0.0593 e. The highest BCUT2D eigenvalue weighted by molar-refractivity contribution is 5.44. The zero-order valence-electron chi connectivity index (χ0n) is 16.3. The summed E-state index contributed by atoms with van der Waals surface area (Å²) in [7, 11) is 0. The van der Waals surface area contributed by atoms with Gasteiger partial charge in [0.25, 0.3) is 0 Å². The molecule has 1 heterocycles. The molecule has 1 saturated carbocycles. The smallest absolute Gasteiger partial charge is 0.0593 e. The minimum Gasteiger partial charge on any atom is -0.399 e. The van der Waals surface area contributed by atoms with E-state index in [4.69, 9.17) is 10.5 Å². The predicted octanol–water partition coefficient (Wildman–Crippen LogP) is 4.41. The molecule has 2 bridgehead atoms. The first-order chi connectivity index (χ1) is 13.3. The SMILES string of the molecule is Nc1cccc(C23CCCC(C2)N(CCOCCc2ccccc2)CC3)c1. The number of hydrogen-bond acceptors (Lipinski definition) is 3. The van der Waals surface area contributed by atoms with Crippen LogP contribution in [-0.2, 0) is 16.6 Å². The number of ether oxygens (including phenoxy) is 1. The van der Waals surface area contributed by atoms with Gasteiger partial charge in [-0.2, -0.15) is 0 Å². The number of benzene rings is 2. The van der Waals surface area contributed by atoms with Crippen molar-refractivity contribution >= 4 is 5.69 Å². The molecule has 1 aliphatic carbocycles. The van der Waals surface area contributed by atoms with Crippen molar-refractivity contribution in [1.29, 1.82) is 0 Å². The Morgan fingerprint density at radius 3 is 2.78 bits per heavy atom. The maximum absolute atomic E-state index is 6.07. The highest BCUT2D eigenvalue weighted by Crippen LogP contribution is 2.47. The van der Waals surface area contributed by atoms with Gasteiger partial charge in [0, 0.05) is 18.3 Å². The predicted molar refractivity (Wildman–Crippen MR) is 112 cm³/mol. The second-order valence-electron chi connectivity index (χ2n) is 8.29. The third-order valence-electron chi connectivity index (χ3n) is 6.61. The molecule has 4 rings (SSSR count). The van der Waals surface area contributed by atoms with Crippen LogP contribution in [0.4, 0.5) is 5.69 Å². The number of fused-ring (bicyclic) bond motifs is 2. The quantitative estimate of drug-likeness (QED) is 0.584. The van der Waals surface area contributed by atoms with Crippen molar-refractivity contribution in [1.82, 2.24) is 4.90 Å². The fraction of sp³-hybridized carbons (Fsp3) is 0.500. The zero-order valence-corrected chi connectivity index (χ0v) is 16.3. The lowest BCUT2D eigenvalue weighted by molar-refractivity contribution is 0.0245. The minimum absolute atomic E-state index is 0.350. The first kappa shape index (κ1) is 18.5. The largest absolute Gasteiger partial charge is 0.399 e. The molecule has 2 unspecified atom stereocenters. The molecule has 1 aliphatic heterocycles. The van der Waals surface area contributed by atoms with Crippen LogP contribution in [0.2, 0.25) is 0 Å². The zero-order chi connectivity index (χ0) is 18.5. The van der Waals surface area contributed by atoms with E-state index in [1.807, 2.05) is 6.07 Å². The Morgan fingerprint density at radius 2 is 1.93 bits per heavy atom. The van der Waals surface area contributed by atoms with E-state index in [9.17, 15) is 0 Å². The fourth-order valence-electron chi connectivity index (χ4n) is 5.10. The first-order valence-electron chi connectivity index (χ1n) is 10.5. The summed E-state index contributed by atoms with van der Waals surface area (Å²) in [4.78, 5) is 2.67. The van der Waals surface area contributed by atoms with Crippen LogP contribution >= 0.6 is 0 Å². The van der Waals surface area contributed by atoms with Crippen LogP contribution in [0.25, 0.3) is 0 Å². The Morgan fingerprint density at radius 1 is 1.04 bits per heavy atom. The van der Waals surface area contributed by atoms with Crippen LogP contribution in [0.15, 0.2) is 54.6 Å². The van der Waals surface area contributed by atoms with E-state index in [2.05, 4.69) is 53.4 Å². The minimum atomic E-state index is 0.350. The lowest BCUT2D eigenvalue weighted by atomic mass is 9.63.